The van der Waals surface area contributed by atoms with E-state index < -0.39 is 0 Å². The molecule has 0 fully saturated rings. The van der Waals surface area contributed by atoms with Crippen LogP contribution < -0.4 is 15.4 Å². The van der Waals surface area contributed by atoms with Crippen LogP contribution in [0.4, 0.5) is 10.5 Å². The lowest BCUT2D eigenvalue weighted by Gasteiger charge is -2.13. The summed E-state index contributed by atoms with van der Waals surface area (Å²) in [5, 5.41) is 5.44. The highest BCUT2D eigenvalue weighted by Crippen LogP contribution is 2.16. The minimum atomic E-state index is -0.306. The van der Waals surface area contributed by atoms with Crippen LogP contribution in [-0.2, 0) is 0 Å². The van der Waals surface area contributed by atoms with Crippen molar-refractivity contribution in [1.29, 1.82) is 0 Å². The molecule has 0 aliphatic heterocycles. The summed E-state index contributed by atoms with van der Waals surface area (Å²) in [7, 11) is 1.58. The zero-order valence-electron chi connectivity index (χ0n) is 10.7. The van der Waals surface area contributed by atoms with E-state index in [9.17, 15) is 4.79 Å². The molecule has 1 aromatic rings. The summed E-state index contributed by atoms with van der Waals surface area (Å²) in [6.07, 6.45) is 7.02. The Hall–Kier alpha value is -2.15. The number of methoxy groups -OCH3 is 1. The van der Waals surface area contributed by atoms with Gasteiger partial charge in [0.1, 0.15) is 5.75 Å². The molecule has 0 saturated heterocycles. The number of carbonyl (C=O) groups excluding carboxylic acids is 1. The van der Waals surface area contributed by atoms with Crippen LogP contribution in [0.1, 0.15) is 19.8 Å². The van der Waals surface area contributed by atoms with Gasteiger partial charge in [-0.15, -0.1) is 6.42 Å². The van der Waals surface area contributed by atoms with E-state index in [4.69, 9.17) is 11.2 Å². The molecular formula is C14H18N2O2. The summed E-state index contributed by atoms with van der Waals surface area (Å²) in [6, 6.07) is 6.60. The number of rotatable bonds is 5. The van der Waals surface area contributed by atoms with Gasteiger partial charge in [-0.3, -0.25) is 0 Å². The number of anilines is 1. The molecule has 1 rings (SSSR count). The molecule has 96 valence electrons. The minimum Gasteiger partial charge on any atom is -0.497 e. The zero-order chi connectivity index (χ0) is 13.4. The van der Waals surface area contributed by atoms with Crippen molar-refractivity contribution in [2.75, 3.05) is 12.4 Å². The Balaban J connectivity index is 2.56. The number of terminal acetylenes is 1. The van der Waals surface area contributed by atoms with Gasteiger partial charge in [0.05, 0.1) is 13.2 Å². The van der Waals surface area contributed by atoms with Crippen molar-refractivity contribution in [1.82, 2.24) is 5.32 Å². The third-order valence-corrected chi connectivity index (χ3v) is 2.41. The molecule has 4 nitrogen and oxygen atoms in total. The number of nitrogens with one attached hydrogen (secondary N) is 2. The molecule has 2 amide bonds. The Morgan fingerprint density at radius 1 is 1.56 bits per heavy atom. The average Bonchev–Trinajstić information content (AvgIpc) is 2.38. The number of carbonyl (C=O) groups is 1. The van der Waals surface area contributed by atoms with Gasteiger partial charge in [-0.25, -0.2) is 4.79 Å². The number of benzene rings is 1. The van der Waals surface area contributed by atoms with Gasteiger partial charge in [0.25, 0.3) is 0 Å². The van der Waals surface area contributed by atoms with E-state index in [1.807, 2.05) is 13.0 Å². The Morgan fingerprint density at radius 2 is 2.33 bits per heavy atom. The lowest BCUT2D eigenvalue weighted by molar-refractivity contribution is 0.250. The third kappa shape index (κ3) is 4.38. The maximum Gasteiger partial charge on any atom is 0.320 e. The third-order valence-electron chi connectivity index (χ3n) is 2.41. The molecule has 0 aliphatic rings. The van der Waals surface area contributed by atoms with Crippen molar-refractivity contribution >= 4 is 11.7 Å². The lowest BCUT2D eigenvalue weighted by Crippen LogP contribution is -2.36. The molecule has 2 N–H and O–H groups in total. The average molecular weight is 246 g/mol. The first-order valence-electron chi connectivity index (χ1n) is 5.87. The van der Waals surface area contributed by atoms with Crippen molar-refractivity contribution in [3.8, 4) is 18.1 Å². The number of urea groups is 1. The Kier molecular flexibility index (Phi) is 5.59. The highest BCUT2D eigenvalue weighted by Gasteiger charge is 2.08. The smallest absolute Gasteiger partial charge is 0.320 e. The maximum absolute atomic E-state index is 11.7. The van der Waals surface area contributed by atoms with Crippen LogP contribution in [-0.4, -0.2) is 19.2 Å². The summed E-state index contributed by atoms with van der Waals surface area (Å²) in [6.45, 7) is 2.02. The van der Waals surface area contributed by atoms with Crippen LogP contribution in [0.5, 0.6) is 5.75 Å². The fourth-order valence-corrected chi connectivity index (χ4v) is 1.51. The molecule has 1 aromatic carbocycles. The molecule has 0 spiro atoms. The summed E-state index contributed by atoms with van der Waals surface area (Å²) in [4.78, 5) is 11.7. The monoisotopic (exact) mass is 246 g/mol. The van der Waals surface area contributed by atoms with Crippen molar-refractivity contribution in [2.45, 2.75) is 25.8 Å². The zero-order valence-corrected chi connectivity index (χ0v) is 10.7. The molecule has 0 radical (unpaired) electrons. The molecule has 0 heterocycles. The van der Waals surface area contributed by atoms with Crippen LogP contribution in [0.15, 0.2) is 24.3 Å². The van der Waals surface area contributed by atoms with E-state index in [-0.39, 0.29) is 12.1 Å². The van der Waals surface area contributed by atoms with Crippen LogP contribution >= 0.6 is 0 Å². The van der Waals surface area contributed by atoms with E-state index in [0.29, 0.717) is 11.4 Å². The molecule has 1 atom stereocenters. The van der Waals surface area contributed by atoms with Crippen LogP contribution in [0.3, 0.4) is 0 Å². The highest BCUT2D eigenvalue weighted by atomic mass is 16.5. The standard InChI is InChI=1S/C14H18N2O2/c1-4-7-11(5-2)15-14(17)16-12-8-6-9-13(10-12)18-3/h2,6,8-11H,4,7H2,1,3H3,(H2,15,16,17). The van der Waals surface area contributed by atoms with E-state index in [0.717, 1.165) is 12.8 Å². The molecule has 0 aromatic heterocycles. The Morgan fingerprint density at radius 3 is 2.94 bits per heavy atom. The number of hydrogen-bond acceptors (Lipinski definition) is 2. The normalized spacial score (nSPS) is 11.2. The molecule has 0 bridgehead atoms. The fourth-order valence-electron chi connectivity index (χ4n) is 1.51. The highest BCUT2D eigenvalue weighted by molar-refractivity contribution is 5.89. The van der Waals surface area contributed by atoms with Gasteiger partial charge >= 0.3 is 6.03 Å². The van der Waals surface area contributed by atoms with Crippen molar-refractivity contribution < 1.29 is 9.53 Å². The number of hydrogen-bond donors (Lipinski definition) is 2. The van der Waals surface area contributed by atoms with Gasteiger partial charge in [0, 0.05) is 11.8 Å². The van der Waals surface area contributed by atoms with Crippen LogP contribution in [0, 0.1) is 12.3 Å². The van der Waals surface area contributed by atoms with Gasteiger partial charge in [0.2, 0.25) is 0 Å². The lowest BCUT2D eigenvalue weighted by atomic mass is 10.2. The largest absolute Gasteiger partial charge is 0.497 e. The van der Waals surface area contributed by atoms with Gasteiger partial charge in [-0.2, -0.15) is 0 Å². The Labute approximate surface area is 108 Å². The van der Waals surface area contributed by atoms with E-state index in [1.165, 1.54) is 0 Å². The Bertz CT molecular complexity index is 438. The molecular weight excluding hydrogens is 228 g/mol. The van der Waals surface area contributed by atoms with E-state index in [2.05, 4.69) is 16.6 Å². The molecule has 4 heteroatoms. The summed E-state index contributed by atoms with van der Waals surface area (Å²) in [5.41, 5.74) is 0.666. The minimum absolute atomic E-state index is 0.236. The second-order valence-electron chi connectivity index (χ2n) is 3.84. The maximum atomic E-state index is 11.7. The first kappa shape index (κ1) is 13.9. The SMILES string of the molecule is C#CC(CCC)NC(=O)Nc1cccc(OC)c1. The van der Waals surface area contributed by atoms with Crippen molar-refractivity contribution in [2.24, 2.45) is 0 Å². The molecule has 18 heavy (non-hydrogen) atoms. The van der Waals surface area contributed by atoms with Crippen molar-refractivity contribution in [3.63, 3.8) is 0 Å². The topological polar surface area (TPSA) is 50.4 Å². The second-order valence-corrected chi connectivity index (χ2v) is 3.84. The van der Waals surface area contributed by atoms with E-state index in [1.54, 1.807) is 25.3 Å². The molecule has 0 aliphatic carbocycles. The predicted octanol–water partition coefficient (Wildman–Crippen LogP) is 2.62. The first-order chi connectivity index (χ1) is 8.69. The summed E-state index contributed by atoms with van der Waals surface area (Å²) < 4.78 is 5.07. The second kappa shape index (κ2) is 7.23. The van der Waals surface area contributed by atoms with Gasteiger partial charge < -0.3 is 15.4 Å². The fraction of sp³-hybridized carbons (Fsp3) is 0.357. The molecule has 1 unspecified atom stereocenters. The number of amides is 2. The summed E-state index contributed by atoms with van der Waals surface area (Å²) in [5.74, 6) is 3.24. The summed E-state index contributed by atoms with van der Waals surface area (Å²) >= 11 is 0. The predicted molar refractivity (Wildman–Crippen MR) is 72.7 cm³/mol. The quantitative estimate of drug-likeness (QED) is 0.785. The number of ether oxygens (including phenoxy) is 1. The molecule has 0 saturated carbocycles. The van der Waals surface area contributed by atoms with E-state index >= 15 is 0 Å². The van der Waals surface area contributed by atoms with Crippen LogP contribution in [0.25, 0.3) is 0 Å². The van der Waals surface area contributed by atoms with Gasteiger partial charge in [-0.05, 0) is 18.6 Å². The van der Waals surface area contributed by atoms with Gasteiger partial charge in [0.15, 0.2) is 0 Å². The first-order valence-corrected chi connectivity index (χ1v) is 5.87. The van der Waals surface area contributed by atoms with Crippen molar-refractivity contribution in [3.05, 3.63) is 24.3 Å². The van der Waals surface area contributed by atoms with Gasteiger partial charge in [-0.1, -0.05) is 25.3 Å². The van der Waals surface area contributed by atoms with Crippen LogP contribution in [0.2, 0.25) is 0 Å².